The summed E-state index contributed by atoms with van der Waals surface area (Å²) in [5.41, 5.74) is 1.34. The number of rotatable bonds is 2. The summed E-state index contributed by atoms with van der Waals surface area (Å²) < 4.78 is 6.27. The number of hydrogen-bond donors (Lipinski definition) is 3. The molecular formula is C18H17N3OS2. The van der Waals surface area contributed by atoms with Crippen LogP contribution in [-0.4, -0.2) is 15.8 Å². The Morgan fingerprint density at radius 1 is 1.12 bits per heavy atom. The molecule has 4 nitrogen and oxygen atoms in total. The molecule has 6 heteroatoms. The van der Waals surface area contributed by atoms with Gasteiger partial charge in [0.2, 0.25) is 0 Å². The van der Waals surface area contributed by atoms with Gasteiger partial charge in [-0.15, -0.1) is 0 Å². The molecule has 0 unspecified atom stereocenters. The summed E-state index contributed by atoms with van der Waals surface area (Å²) in [4.78, 5) is 0.714. The first-order valence-electron chi connectivity index (χ1n) is 7.79. The summed E-state index contributed by atoms with van der Waals surface area (Å²) in [6.45, 7) is 1.99. The van der Waals surface area contributed by atoms with E-state index in [0.29, 0.717) is 10.1 Å². The van der Waals surface area contributed by atoms with Crippen LogP contribution in [0.5, 0.6) is 5.75 Å². The average molecular weight is 355 g/mol. The Labute approximate surface area is 151 Å². The molecule has 3 N–H and O–H groups in total. The standard InChI is InChI=1S/C18H17N3OS2/c1-18-14(16(23)19-11-7-3-2-4-8-11)15(20-17(24)21-18)12-9-5-6-10-13(12)22-18/h2-10,14-15H,1H3,(H,19,23)(H2,20,21,24)/t14-,15+,18-/m1/s1. The van der Waals surface area contributed by atoms with Crippen LogP contribution in [0.1, 0.15) is 18.5 Å². The Hall–Kier alpha value is -2.18. The van der Waals surface area contributed by atoms with Gasteiger partial charge in [0.25, 0.3) is 0 Å². The molecule has 1 saturated heterocycles. The predicted molar refractivity (Wildman–Crippen MR) is 103 cm³/mol. The number of nitrogens with one attached hydrogen (secondary N) is 3. The van der Waals surface area contributed by atoms with Gasteiger partial charge in [-0.3, -0.25) is 0 Å². The van der Waals surface area contributed by atoms with Gasteiger partial charge in [-0.05, 0) is 37.3 Å². The van der Waals surface area contributed by atoms with Crippen LogP contribution in [0.2, 0.25) is 0 Å². The first-order chi connectivity index (χ1) is 11.6. The molecule has 0 aliphatic carbocycles. The van der Waals surface area contributed by atoms with Crippen LogP contribution in [-0.2, 0) is 0 Å². The van der Waals surface area contributed by atoms with Crippen LogP contribution in [0.4, 0.5) is 5.69 Å². The van der Waals surface area contributed by atoms with Gasteiger partial charge >= 0.3 is 0 Å². The SMILES string of the molecule is C[C@@]12NC(=S)N[C@@H](c3ccccc3O1)[C@@H]2C(=S)Nc1ccccc1. The number of hydrogen-bond acceptors (Lipinski definition) is 3. The third kappa shape index (κ3) is 2.52. The van der Waals surface area contributed by atoms with E-state index in [2.05, 4.69) is 22.0 Å². The first-order valence-corrected chi connectivity index (χ1v) is 8.61. The maximum absolute atomic E-state index is 6.27. The number of para-hydroxylation sites is 2. The molecule has 4 rings (SSSR count). The zero-order valence-corrected chi connectivity index (χ0v) is 14.7. The van der Waals surface area contributed by atoms with Gasteiger partial charge in [0.05, 0.1) is 16.9 Å². The van der Waals surface area contributed by atoms with E-state index < -0.39 is 5.72 Å². The third-order valence-corrected chi connectivity index (χ3v) is 5.05. The molecule has 3 atom stereocenters. The molecule has 2 aromatic rings. The molecule has 2 bridgehead atoms. The fourth-order valence-electron chi connectivity index (χ4n) is 3.43. The van der Waals surface area contributed by atoms with Crippen molar-refractivity contribution in [2.45, 2.75) is 18.7 Å². The number of anilines is 1. The van der Waals surface area contributed by atoms with E-state index in [0.717, 1.165) is 17.0 Å². The fraction of sp³-hybridized carbons (Fsp3) is 0.222. The van der Waals surface area contributed by atoms with Crippen molar-refractivity contribution in [3.8, 4) is 5.75 Å². The highest BCUT2D eigenvalue weighted by atomic mass is 32.1. The van der Waals surface area contributed by atoms with Crippen LogP contribution in [0.15, 0.2) is 54.6 Å². The highest BCUT2D eigenvalue weighted by molar-refractivity contribution is 7.80. The van der Waals surface area contributed by atoms with Crippen molar-refractivity contribution >= 4 is 40.2 Å². The van der Waals surface area contributed by atoms with Gasteiger partial charge in [-0.2, -0.15) is 0 Å². The average Bonchev–Trinajstić information content (AvgIpc) is 2.54. The fourth-order valence-corrected chi connectivity index (χ4v) is 4.24. The molecule has 0 radical (unpaired) electrons. The van der Waals surface area contributed by atoms with Gasteiger partial charge < -0.3 is 20.7 Å². The summed E-state index contributed by atoms with van der Waals surface area (Å²) >= 11 is 11.1. The maximum Gasteiger partial charge on any atom is 0.191 e. The Balaban J connectivity index is 1.72. The second-order valence-corrected chi connectivity index (χ2v) is 7.00. The Kier molecular flexibility index (Phi) is 3.66. The van der Waals surface area contributed by atoms with E-state index in [9.17, 15) is 0 Å². The lowest BCUT2D eigenvalue weighted by Gasteiger charge is -2.51. The van der Waals surface area contributed by atoms with Gasteiger partial charge in [-0.1, -0.05) is 48.6 Å². The van der Waals surface area contributed by atoms with Crippen molar-refractivity contribution < 1.29 is 4.74 Å². The summed E-state index contributed by atoms with van der Waals surface area (Å²) in [5, 5.41) is 10.5. The molecule has 2 heterocycles. The number of fused-ring (bicyclic) bond motifs is 4. The quantitative estimate of drug-likeness (QED) is 0.718. The van der Waals surface area contributed by atoms with Gasteiger partial charge in [0, 0.05) is 11.3 Å². The Morgan fingerprint density at radius 2 is 1.83 bits per heavy atom. The number of ether oxygens (including phenoxy) is 1. The zero-order valence-electron chi connectivity index (χ0n) is 13.1. The van der Waals surface area contributed by atoms with Gasteiger partial charge in [0.15, 0.2) is 10.8 Å². The highest BCUT2D eigenvalue weighted by Gasteiger charge is 2.53. The lowest BCUT2D eigenvalue weighted by molar-refractivity contribution is -0.00402. The largest absolute Gasteiger partial charge is 0.467 e. The van der Waals surface area contributed by atoms with E-state index in [4.69, 9.17) is 29.2 Å². The van der Waals surface area contributed by atoms with Gasteiger partial charge in [0.1, 0.15) is 5.75 Å². The second kappa shape index (κ2) is 5.72. The van der Waals surface area contributed by atoms with Crippen molar-refractivity contribution in [3.05, 3.63) is 60.2 Å². The molecule has 24 heavy (non-hydrogen) atoms. The van der Waals surface area contributed by atoms with E-state index in [1.807, 2.05) is 55.5 Å². The molecule has 0 aromatic heterocycles. The van der Waals surface area contributed by atoms with E-state index in [1.165, 1.54) is 0 Å². The molecule has 122 valence electrons. The lowest BCUT2D eigenvalue weighted by atomic mass is 9.80. The molecular weight excluding hydrogens is 338 g/mol. The molecule has 2 aliphatic rings. The first kappa shape index (κ1) is 15.4. The topological polar surface area (TPSA) is 45.3 Å². The third-order valence-electron chi connectivity index (χ3n) is 4.47. The summed E-state index contributed by atoms with van der Waals surface area (Å²) in [6, 6.07) is 17.9. The molecule has 0 saturated carbocycles. The van der Waals surface area contributed by atoms with Crippen molar-refractivity contribution in [1.82, 2.24) is 10.6 Å². The lowest BCUT2D eigenvalue weighted by Crippen LogP contribution is -2.70. The van der Waals surface area contributed by atoms with Crippen molar-refractivity contribution in [2.75, 3.05) is 5.32 Å². The maximum atomic E-state index is 6.27. The minimum absolute atomic E-state index is 0.0302. The van der Waals surface area contributed by atoms with Crippen LogP contribution >= 0.6 is 24.4 Å². The van der Waals surface area contributed by atoms with Gasteiger partial charge in [-0.25, -0.2) is 0 Å². The Bertz CT molecular complexity index is 811. The van der Waals surface area contributed by atoms with Crippen LogP contribution < -0.4 is 20.7 Å². The summed E-state index contributed by atoms with van der Waals surface area (Å²) in [6.07, 6.45) is 0. The normalized spacial score (nSPS) is 27.1. The second-order valence-electron chi connectivity index (χ2n) is 6.16. The van der Waals surface area contributed by atoms with Crippen molar-refractivity contribution in [3.63, 3.8) is 0 Å². The molecule has 0 spiro atoms. The summed E-state index contributed by atoms with van der Waals surface area (Å²) in [7, 11) is 0. The van der Waals surface area contributed by atoms with E-state index in [1.54, 1.807) is 0 Å². The zero-order chi connectivity index (χ0) is 16.7. The van der Waals surface area contributed by atoms with E-state index >= 15 is 0 Å². The monoisotopic (exact) mass is 355 g/mol. The molecule has 2 aromatic carbocycles. The Morgan fingerprint density at radius 3 is 2.62 bits per heavy atom. The summed E-state index contributed by atoms with van der Waals surface area (Å²) in [5.74, 6) is 0.751. The molecule has 2 aliphatic heterocycles. The predicted octanol–water partition coefficient (Wildman–Crippen LogP) is 3.37. The number of thiocarbonyl (C=S) groups is 2. The molecule has 0 amide bonds. The van der Waals surface area contributed by atoms with Crippen molar-refractivity contribution in [1.29, 1.82) is 0 Å². The number of benzene rings is 2. The van der Waals surface area contributed by atoms with Crippen LogP contribution in [0.25, 0.3) is 0 Å². The van der Waals surface area contributed by atoms with Crippen molar-refractivity contribution in [2.24, 2.45) is 5.92 Å². The van der Waals surface area contributed by atoms with Crippen LogP contribution in [0, 0.1) is 5.92 Å². The minimum atomic E-state index is -0.694. The molecule has 1 fully saturated rings. The van der Waals surface area contributed by atoms with E-state index in [-0.39, 0.29) is 12.0 Å². The smallest absolute Gasteiger partial charge is 0.191 e. The van der Waals surface area contributed by atoms with Crippen LogP contribution in [0.3, 0.4) is 0 Å². The minimum Gasteiger partial charge on any atom is -0.467 e. The highest BCUT2D eigenvalue weighted by Crippen LogP contribution is 2.45.